The second kappa shape index (κ2) is 7.14. The number of halogens is 3. The Kier molecular flexibility index (Phi) is 4.74. The Morgan fingerprint density at radius 2 is 1.69 bits per heavy atom. The van der Waals surface area contributed by atoms with Gasteiger partial charge in [-0.2, -0.15) is 0 Å². The molecule has 132 valence electrons. The lowest BCUT2D eigenvalue weighted by atomic mass is 10.2. The molecule has 8 heteroatoms. The lowest BCUT2D eigenvalue weighted by molar-refractivity contribution is 0.102. The van der Waals surface area contributed by atoms with Crippen molar-refractivity contribution in [3.05, 3.63) is 77.7 Å². The van der Waals surface area contributed by atoms with Crippen LogP contribution in [0.2, 0.25) is 0 Å². The molecule has 0 aliphatic rings. The maximum atomic E-state index is 13.8. The van der Waals surface area contributed by atoms with Crippen LogP contribution in [0.1, 0.15) is 10.4 Å². The van der Waals surface area contributed by atoms with Gasteiger partial charge < -0.3 is 15.7 Å². The van der Waals surface area contributed by atoms with Gasteiger partial charge in [0.15, 0.2) is 23.3 Å². The normalized spacial score (nSPS) is 10.4. The molecule has 2 aromatic carbocycles. The van der Waals surface area contributed by atoms with Gasteiger partial charge >= 0.3 is 0 Å². The molecule has 3 rings (SSSR count). The number of aromatic nitrogens is 1. The topological polar surface area (TPSA) is 74.2 Å². The zero-order valence-corrected chi connectivity index (χ0v) is 13.1. The minimum absolute atomic E-state index is 0.0823. The molecule has 3 aromatic rings. The van der Waals surface area contributed by atoms with Crippen molar-refractivity contribution in [1.82, 2.24) is 4.98 Å². The zero-order chi connectivity index (χ0) is 18.7. The summed E-state index contributed by atoms with van der Waals surface area (Å²) in [4.78, 5) is 16.3. The Labute approximate surface area is 146 Å². The van der Waals surface area contributed by atoms with E-state index < -0.39 is 28.9 Å². The summed E-state index contributed by atoms with van der Waals surface area (Å²) >= 11 is 0. The molecule has 0 aliphatic heterocycles. The van der Waals surface area contributed by atoms with Gasteiger partial charge in [0.2, 0.25) is 0 Å². The average Bonchev–Trinajstić information content (AvgIpc) is 2.63. The number of carbonyl (C=O) groups excluding carboxylic acids is 1. The highest BCUT2D eigenvalue weighted by atomic mass is 19.2. The summed E-state index contributed by atoms with van der Waals surface area (Å²) in [6, 6.07) is 10.7. The predicted octanol–water partition coefficient (Wildman–Crippen LogP) is 4.20. The number of phenols is 1. The summed E-state index contributed by atoms with van der Waals surface area (Å²) < 4.78 is 40.1. The zero-order valence-electron chi connectivity index (χ0n) is 13.1. The van der Waals surface area contributed by atoms with E-state index in [1.807, 2.05) is 0 Å². The van der Waals surface area contributed by atoms with E-state index in [-0.39, 0.29) is 17.3 Å². The maximum Gasteiger partial charge on any atom is 0.258 e. The number of hydrogen-bond donors (Lipinski definition) is 3. The summed E-state index contributed by atoms with van der Waals surface area (Å²) in [7, 11) is 0. The first-order valence-electron chi connectivity index (χ1n) is 7.41. The number of amides is 1. The molecular formula is C18H12F3N3O2. The predicted molar refractivity (Wildman–Crippen MR) is 89.9 cm³/mol. The molecule has 0 radical (unpaired) electrons. The highest BCUT2D eigenvalue weighted by Crippen LogP contribution is 2.25. The molecule has 0 unspecified atom stereocenters. The third kappa shape index (κ3) is 3.59. The van der Waals surface area contributed by atoms with Crippen molar-refractivity contribution in [1.29, 1.82) is 0 Å². The van der Waals surface area contributed by atoms with E-state index in [4.69, 9.17) is 0 Å². The molecule has 1 heterocycles. The van der Waals surface area contributed by atoms with Gasteiger partial charge in [-0.1, -0.05) is 0 Å². The van der Waals surface area contributed by atoms with Crippen LogP contribution in [0.25, 0.3) is 0 Å². The lowest BCUT2D eigenvalue weighted by Crippen LogP contribution is -2.16. The standard InChI is InChI=1S/C18H12F3N3O2/c19-13-8-7-12(15(20)16(13)21)18(26)24-14-2-1-9-22-17(14)23-10-3-5-11(25)6-4-10/h1-9,25H,(H,22,23)(H,24,26). The van der Waals surface area contributed by atoms with Crippen LogP contribution >= 0.6 is 0 Å². The molecule has 1 aromatic heterocycles. The van der Waals surface area contributed by atoms with Crippen LogP contribution in [0, 0.1) is 17.5 Å². The third-order valence-corrected chi connectivity index (χ3v) is 3.47. The van der Waals surface area contributed by atoms with Crippen LogP contribution in [0.15, 0.2) is 54.7 Å². The summed E-state index contributed by atoms with van der Waals surface area (Å²) in [6.45, 7) is 0. The summed E-state index contributed by atoms with van der Waals surface area (Å²) in [5, 5.41) is 14.6. The molecule has 0 fully saturated rings. The second-order valence-electron chi connectivity index (χ2n) is 5.25. The van der Waals surface area contributed by atoms with E-state index in [1.54, 1.807) is 18.2 Å². The van der Waals surface area contributed by atoms with Gasteiger partial charge in [-0.3, -0.25) is 4.79 Å². The van der Waals surface area contributed by atoms with E-state index in [0.717, 1.165) is 6.07 Å². The van der Waals surface area contributed by atoms with Crippen molar-refractivity contribution < 1.29 is 23.1 Å². The van der Waals surface area contributed by atoms with Crippen LogP contribution in [0.3, 0.4) is 0 Å². The van der Waals surface area contributed by atoms with Crippen molar-refractivity contribution in [3.63, 3.8) is 0 Å². The van der Waals surface area contributed by atoms with Gasteiger partial charge in [0.05, 0.1) is 11.3 Å². The van der Waals surface area contributed by atoms with Crippen LogP contribution in [-0.2, 0) is 0 Å². The molecule has 0 spiro atoms. The van der Waals surface area contributed by atoms with Gasteiger partial charge in [0.25, 0.3) is 5.91 Å². The molecule has 1 amide bonds. The first-order valence-corrected chi connectivity index (χ1v) is 7.41. The number of anilines is 3. The summed E-state index contributed by atoms with van der Waals surface area (Å²) in [5.74, 6) is -5.29. The maximum absolute atomic E-state index is 13.8. The van der Waals surface area contributed by atoms with E-state index >= 15 is 0 Å². The van der Waals surface area contributed by atoms with Crippen LogP contribution in [0.4, 0.5) is 30.4 Å². The van der Waals surface area contributed by atoms with Gasteiger partial charge in [0, 0.05) is 11.9 Å². The highest BCUT2D eigenvalue weighted by Gasteiger charge is 2.19. The Bertz CT molecular complexity index is 962. The fraction of sp³-hybridized carbons (Fsp3) is 0. The van der Waals surface area contributed by atoms with Gasteiger partial charge in [0.1, 0.15) is 5.75 Å². The molecule has 0 saturated carbocycles. The second-order valence-corrected chi connectivity index (χ2v) is 5.25. The average molecular weight is 359 g/mol. The van der Waals surface area contributed by atoms with Crippen LogP contribution in [0.5, 0.6) is 5.75 Å². The molecule has 0 atom stereocenters. The molecule has 5 nitrogen and oxygen atoms in total. The number of hydrogen-bond acceptors (Lipinski definition) is 4. The van der Waals surface area contributed by atoms with E-state index in [2.05, 4.69) is 15.6 Å². The number of pyridine rings is 1. The van der Waals surface area contributed by atoms with Gasteiger partial charge in [-0.05, 0) is 48.5 Å². The Hall–Kier alpha value is -3.55. The SMILES string of the molecule is O=C(Nc1cccnc1Nc1ccc(O)cc1)c1ccc(F)c(F)c1F. The van der Waals surface area contributed by atoms with Crippen molar-refractivity contribution in [2.24, 2.45) is 0 Å². The Morgan fingerprint density at radius 1 is 0.962 bits per heavy atom. The quantitative estimate of drug-likeness (QED) is 0.482. The summed E-state index contributed by atoms with van der Waals surface area (Å²) in [5.41, 5.74) is 0.147. The summed E-state index contributed by atoms with van der Waals surface area (Å²) in [6.07, 6.45) is 1.47. The first-order chi connectivity index (χ1) is 12.5. The van der Waals surface area contributed by atoms with E-state index in [0.29, 0.717) is 11.8 Å². The van der Waals surface area contributed by atoms with Crippen LogP contribution in [-0.4, -0.2) is 16.0 Å². The molecule has 0 saturated heterocycles. The lowest BCUT2D eigenvalue weighted by Gasteiger charge is -2.12. The minimum Gasteiger partial charge on any atom is -0.508 e. The number of aromatic hydroxyl groups is 1. The fourth-order valence-corrected chi connectivity index (χ4v) is 2.18. The van der Waals surface area contributed by atoms with Crippen molar-refractivity contribution in [2.45, 2.75) is 0 Å². The molecule has 0 bridgehead atoms. The Balaban J connectivity index is 1.85. The van der Waals surface area contributed by atoms with Gasteiger partial charge in [-0.15, -0.1) is 0 Å². The smallest absolute Gasteiger partial charge is 0.258 e. The van der Waals surface area contributed by atoms with Crippen molar-refractivity contribution >= 4 is 23.1 Å². The minimum atomic E-state index is -1.72. The molecule has 26 heavy (non-hydrogen) atoms. The number of carbonyl (C=O) groups is 1. The fourth-order valence-electron chi connectivity index (χ4n) is 2.18. The number of nitrogens with one attached hydrogen (secondary N) is 2. The molecule has 0 aliphatic carbocycles. The van der Waals surface area contributed by atoms with Crippen LogP contribution < -0.4 is 10.6 Å². The number of benzene rings is 2. The largest absolute Gasteiger partial charge is 0.508 e. The molecule has 3 N–H and O–H groups in total. The van der Waals surface area contributed by atoms with Crippen molar-refractivity contribution in [2.75, 3.05) is 10.6 Å². The molecular weight excluding hydrogens is 347 g/mol. The highest BCUT2D eigenvalue weighted by molar-refractivity contribution is 6.06. The monoisotopic (exact) mass is 359 g/mol. The van der Waals surface area contributed by atoms with Crippen molar-refractivity contribution in [3.8, 4) is 5.75 Å². The van der Waals surface area contributed by atoms with E-state index in [9.17, 15) is 23.1 Å². The Morgan fingerprint density at radius 3 is 2.42 bits per heavy atom. The third-order valence-electron chi connectivity index (χ3n) is 3.47. The van der Waals surface area contributed by atoms with E-state index in [1.165, 1.54) is 24.4 Å². The number of nitrogens with zero attached hydrogens (tertiary/aromatic N) is 1. The number of phenolic OH excluding ortho intramolecular Hbond substituents is 1. The first kappa shape index (κ1) is 17.3. The number of rotatable bonds is 4. The van der Waals surface area contributed by atoms with Gasteiger partial charge in [-0.25, -0.2) is 18.2 Å².